The van der Waals surface area contributed by atoms with Crippen LogP contribution in [-0.2, 0) is 5.41 Å². The fourth-order valence-electron chi connectivity index (χ4n) is 0.955. The monoisotopic (exact) mass is 150 g/mol. The molecule has 0 aromatic carbocycles. The Balaban J connectivity index is 3.14. The smallest absolute Gasteiger partial charge is 0.147 e. The van der Waals surface area contributed by atoms with Gasteiger partial charge in [-0.2, -0.15) is 0 Å². The van der Waals surface area contributed by atoms with Gasteiger partial charge in [-0.1, -0.05) is 20.8 Å². The van der Waals surface area contributed by atoms with Crippen molar-refractivity contribution in [2.45, 2.75) is 26.2 Å². The number of pyridine rings is 1. The van der Waals surface area contributed by atoms with Gasteiger partial charge in [0.05, 0.1) is 0 Å². The van der Waals surface area contributed by atoms with Gasteiger partial charge in [-0.15, -0.1) is 0 Å². The molecule has 0 atom stereocenters. The molecule has 59 valence electrons. The molecule has 0 amide bonds. The molecule has 1 N–H and O–H groups in total. The van der Waals surface area contributed by atoms with E-state index >= 15 is 0 Å². The summed E-state index contributed by atoms with van der Waals surface area (Å²) >= 11 is 0. The van der Waals surface area contributed by atoms with E-state index in [1.807, 2.05) is 26.8 Å². The lowest BCUT2D eigenvalue weighted by atomic mass is 9.87. The van der Waals surface area contributed by atoms with Gasteiger partial charge in [0.2, 0.25) is 0 Å². The van der Waals surface area contributed by atoms with E-state index in [4.69, 9.17) is 0 Å². The van der Waals surface area contributed by atoms with Crippen molar-refractivity contribution in [3.63, 3.8) is 0 Å². The third-order valence-corrected chi connectivity index (χ3v) is 1.55. The zero-order valence-electron chi connectivity index (χ0n) is 7.05. The number of aromatic nitrogens is 1. The van der Waals surface area contributed by atoms with Crippen molar-refractivity contribution in [2.75, 3.05) is 0 Å². The second-order valence-corrected chi connectivity index (χ2v) is 3.57. The zero-order chi connectivity index (χ0) is 8.48. The van der Waals surface area contributed by atoms with Crippen molar-refractivity contribution in [1.82, 2.24) is 4.98 Å². The molecule has 0 spiro atoms. The average molecular weight is 150 g/mol. The summed E-state index contributed by atoms with van der Waals surface area (Å²) in [7, 11) is 0. The number of aromatic hydroxyl groups is 1. The second kappa shape index (κ2) is 2.53. The Morgan fingerprint density at radius 3 is 2.45 bits per heavy atom. The third kappa shape index (κ3) is 1.70. The molecular weight excluding hydrogens is 138 g/mol. The lowest BCUT2D eigenvalue weighted by Gasteiger charge is -2.19. The van der Waals surface area contributed by atoms with Gasteiger partial charge in [0, 0.05) is 11.8 Å². The van der Waals surface area contributed by atoms with E-state index in [0.717, 1.165) is 5.56 Å². The zero-order valence-corrected chi connectivity index (χ0v) is 7.05. The van der Waals surface area contributed by atoms with Gasteiger partial charge < -0.3 is 5.11 Å². The normalized spacial score (nSPS) is 11.5. The number of hydrogen-bond acceptors (Lipinski definition) is 2. The van der Waals surface area contributed by atoms with Crippen LogP contribution in [0.3, 0.4) is 0 Å². The topological polar surface area (TPSA) is 33.1 Å². The maximum absolute atomic E-state index is 9.33. The van der Waals surface area contributed by atoms with E-state index in [-0.39, 0.29) is 11.2 Å². The molecule has 0 bridgehead atoms. The summed E-state index contributed by atoms with van der Waals surface area (Å²) in [5.41, 5.74) is 0.844. The maximum Gasteiger partial charge on any atom is 0.147 e. The van der Waals surface area contributed by atoms with Crippen LogP contribution in [0.15, 0.2) is 12.3 Å². The quantitative estimate of drug-likeness (QED) is 0.612. The van der Waals surface area contributed by atoms with Crippen LogP contribution in [0.1, 0.15) is 26.3 Å². The largest absolute Gasteiger partial charge is 0.505 e. The molecule has 2 nitrogen and oxygen atoms in total. The van der Waals surface area contributed by atoms with Crippen LogP contribution in [0, 0.1) is 6.20 Å². The van der Waals surface area contributed by atoms with Crippen molar-refractivity contribution < 1.29 is 5.11 Å². The highest BCUT2D eigenvalue weighted by molar-refractivity contribution is 5.33. The second-order valence-electron chi connectivity index (χ2n) is 3.57. The van der Waals surface area contributed by atoms with Gasteiger partial charge in [0.15, 0.2) is 0 Å². The standard InChI is InChI=1S/C9H12NO/c1-9(2,3)7-4-5-10-6-8(7)11/h4-5,11H,1-3H3. The van der Waals surface area contributed by atoms with Crippen molar-refractivity contribution in [3.05, 3.63) is 24.0 Å². The summed E-state index contributed by atoms with van der Waals surface area (Å²) in [5, 5.41) is 9.33. The van der Waals surface area contributed by atoms with Crippen LogP contribution in [0.25, 0.3) is 0 Å². The molecule has 2 heteroatoms. The summed E-state index contributed by atoms with van der Waals surface area (Å²) in [6.07, 6.45) is 4.15. The van der Waals surface area contributed by atoms with Crippen molar-refractivity contribution in [3.8, 4) is 5.75 Å². The van der Waals surface area contributed by atoms with Crippen molar-refractivity contribution >= 4 is 0 Å². The van der Waals surface area contributed by atoms with Crippen LogP contribution < -0.4 is 0 Å². The number of hydrogen-bond donors (Lipinski definition) is 1. The number of rotatable bonds is 0. The van der Waals surface area contributed by atoms with E-state index in [1.165, 1.54) is 0 Å². The highest BCUT2D eigenvalue weighted by Gasteiger charge is 2.17. The fraction of sp³-hybridized carbons (Fsp3) is 0.444. The molecule has 1 rings (SSSR count). The van der Waals surface area contributed by atoms with Crippen molar-refractivity contribution in [2.24, 2.45) is 0 Å². The van der Waals surface area contributed by atoms with E-state index in [9.17, 15) is 5.11 Å². The summed E-state index contributed by atoms with van der Waals surface area (Å²) in [4.78, 5) is 3.68. The van der Waals surface area contributed by atoms with Crippen LogP contribution in [-0.4, -0.2) is 10.1 Å². The van der Waals surface area contributed by atoms with Gasteiger partial charge in [-0.05, 0) is 11.5 Å². The Kier molecular flexibility index (Phi) is 1.85. The first-order valence-corrected chi connectivity index (χ1v) is 3.58. The van der Waals surface area contributed by atoms with Gasteiger partial charge in [-0.3, -0.25) is 4.98 Å². The predicted molar refractivity (Wildman–Crippen MR) is 43.4 cm³/mol. The summed E-state index contributed by atoms with van der Waals surface area (Å²) in [6, 6.07) is 1.81. The van der Waals surface area contributed by atoms with E-state index in [2.05, 4.69) is 11.2 Å². The maximum atomic E-state index is 9.33. The minimum atomic E-state index is -0.0382. The van der Waals surface area contributed by atoms with Crippen molar-refractivity contribution in [1.29, 1.82) is 0 Å². The number of nitrogens with zero attached hydrogens (tertiary/aromatic N) is 1. The summed E-state index contributed by atoms with van der Waals surface area (Å²) < 4.78 is 0. The first-order valence-electron chi connectivity index (χ1n) is 3.58. The van der Waals surface area contributed by atoms with Crippen LogP contribution >= 0.6 is 0 Å². The Morgan fingerprint density at radius 2 is 2.09 bits per heavy atom. The molecule has 0 saturated carbocycles. The van der Waals surface area contributed by atoms with E-state index in [1.54, 1.807) is 6.20 Å². The minimum Gasteiger partial charge on any atom is -0.505 e. The molecule has 0 aliphatic heterocycles. The van der Waals surface area contributed by atoms with Crippen LogP contribution in [0.5, 0.6) is 5.75 Å². The molecule has 1 heterocycles. The summed E-state index contributed by atoms with van der Waals surface area (Å²) in [6.45, 7) is 6.11. The molecule has 1 aromatic heterocycles. The first-order chi connectivity index (χ1) is 5.02. The van der Waals surface area contributed by atoms with Gasteiger partial charge in [-0.25, -0.2) is 0 Å². The lowest BCUT2D eigenvalue weighted by molar-refractivity contribution is 0.442. The molecule has 0 aliphatic carbocycles. The van der Waals surface area contributed by atoms with Crippen LogP contribution in [0.4, 0.5) is 0 Å². The highest BCUT2D eigenvalue weighted by atomic mass is 16.3. The molecule has 1 aromatic rings. The fourth-order valence-corrected chi connectivity index (χ4v) is 0.955. The van der Waals surface area contributed by atoms with E-state index in [0.29, 0.717) is 0 Å². The molecular formula is C9H12NO. The Hall–Kier alpha value is -1.05. The van der Waals surface area contributed by atoms with Gasteiger partial charge >= 0.3 is 0 Å². The molecule has 0 unspecified atom stereocenters. The molecule has 0 saturated heterocycles. The summed E-state index contributed by atoms with van der Waals surface area (Å²) in [5.74, 6) is 0.153. The molecule has 11 heavy (non-hydrogen) atoms. The SMILES string of the molecule is CC(C)(C)c1ccn[c]c1O. The van der Waals surface area contributed by atoms with E-state index < -0.39 is 0 Å². The lowest BCUT2D eigenvalue weighted by Crippen LogP contribution is -2.11. The first kappa shape index (κ1) is 8.05. The van der Waals surface area contributed by atoms with Gasteiger partial charge in [0.25, 0.3) is 0 Å². The molecule has 0 aliphatic rings. The van der Waals surface area contributed by atoms with Crippen LogP contribution in [0.2, 0.25) is 0 Å². The van der Waals surface area contributed by atoms with Gasteiger partial charge in [0.1, 0.15) is 11.9 Å². The minimum absolute atomic E-state index is 0.0382. The average Bonchev–Trinajstić information content (AvgIpc) is 1.86. The molecule has 0 fully saturated rings. The highest BCUT2D eigenvalue weighted by Crippen LogP contribution is 2.28. The predicted octanol–water partition coefficient (Wildman–Crippen LogP) is 1.88. The Morgan fingerprint density at radius 1 is 1.45 bits per heavy atom. The molecule has 1 radical (unpaired) electrons. The third-order valence-electron chi connectivity index (χ3n) is 1.55. The Labute approximate surface area is 66.9 Å². The Bertz CT molecular complexity index is 250.